The van der Waals surface area contributed by atoms with E-state index in [4.69, 9.17) is 16.3 Å². The van der Waals surface area contributed by atoms with Crippen LogP contribution in [0.3, 0.4) is 0 Å². The summed E-state index contributed by atoms with van der Waals surface area (Å²) < 4.78 is 4.98. The Bertz CT molecular complexity index is 836. The van der Waals surface area contributed by atoms with E-state index in [-0.39, 0.29) is 5.91 Å². The second-order valence-electron chi connectivity index (χ2n) is 7.45. The number of nitrogens with zero attached hydrogens (tertiary/aromatic N) is 3. The van der Waals surface area contributed by atoms with Crippen LogP contribution in [-0.4, -0.2) is 78.5 Å². The van der Waals surface area contributed by atoms with Gasteiger partial charge >= 0.3 is 12.0 Å². The lowest BCUT2D eigenvalue weighted by atomic mass is 10.1. The highest BCUT2D eigenvalue weighted by Crippen LogP contribution is 2.21. The molecule has 1 aromatic carbocycles. The van der Waals surface area contributed by atoms with Gasteiger partial charge in [0, 0.05) is 36.9 Å². The van der Waals surface area contributed by atoms with Crippen LogP contribution in [0.5, 0.6) is 0 Å². The number of amides is 4. The first-order chi connectivity index (χ1) is 13.7. The molecule has 0 saturated carbocycles. The van der Waals surface area contributed by atoms with Crippen molar-refractivity contribution in [2.45, 2.75) is 19.4 Å². The molecule has 0 radical (unpaired) electrons. The van der Waals surface area contributed by atoms with E-state index in [1.165, 1.54) is 0 Å². The van der Waals surface area contributed by atoms with Gasteiger partial charge in [0.2, 0.25) is 0 Å². The fourth-order valence-corrected chi connectivity index (χ4v) is 3.44. The number of hydrogen-bond acceptors (Lipinski definition) is 6. The van der Waals surface area contributed by atoms with E-state index >= 15 is 0 Å². The minimum atomic E-state index is -1.06. The molecule has 2 fully saturated rings. The van der Waals surface area contributed by atoms with E-state index in [1.54, 1.807) is 24.8 Å². The van der Waals surface area contributed by atoms with E-state index in [0.717, 1.165) is 10.6 Å². The molecule has 10 heteroatoms. The third-order valence-electron chi connectivity index (χ3n) is 4.89. The van der Waals surface area contributed by atoms with Crippen LogP contribution in [0.25, 0.3) is 0 Å². The zero-order chi connectivity index (χ0) is 21.2. The molecule has 1 aromatic rings. The number of rotatable bonds is 5. The maximum Gasteiger partial charge on any atom is 0.326 e. The monoisotopic (exact) mass is 422 g/mol. The normalized spacial score (nSPS) is 18.7. The highest BCUT2D eigenvalue weighted by molar-refractivity contribution is 6.30. The van der Waals surface area contributed by atoms with Gasteiger partial charge in [0.05, 0.1) is 0 Å². The van der Waals surface area contributed by atoms with Crippen molar-refractivity contribution < 1.29 is 23.9 Å². The van der Waals surface area contributed by atoms with E-state index in [2.05, 4.69) is 10.2 Å². The molecule has 0 spiro atoms. The summed E-state index contributed by atoms with van der Waals surface area (Å²) in [6, 6.07) is 6.86. The average Bonchev–Trinajstić information content (AvgIpc) is 2.88. The second-order valence-corrected chi connectivity index (χ2v) is 7.89. The number of carbonyl (C=O) groups is 4. The average molecular weight is 423 g/mol. The number of carbonyl (C=O) groups excluding carboxylic acids is 4. The number of halogens is 1. The topological polar surface area (TPSA) is 99.3 Å². The Balaban J connectivity index is 1.44. The minimum absolute atomic E-state index is 0.318. The number of anilines is 1. The Morgan fingerprint density at radius 3 is 2.45 bits per heavy atom. The van der Waals surface area contributed by atoms with Crippen LogP contribution in [0.2, 0.25) is 5.02 Å². The minimum Gasteiger partial charge on any atom is -0.454 e. The van der Waals surface area contributed by atoms with Gasteiger partial charge in [-0.25, -0.2) is 4.79 Å². The van der Waals surface area contributed by atoms with E-state index < -0.39 is 36.6 Å². The molecule has 2 saturated heterocycles. The fraction of sp³-hybridized carbons (Fsp3) is 0.474. The Hall–Kier alpha value is -2.81. The number of hydrogen-bond donors (Lipinski definition) is 1. The molecule has 2 heterocycles. The lowest BCUT2D eigenvalue weighted by Gasteiger charge is -2.36. The summed E-state index contributed by atoms with van der Waals surface area (Å²) in [7, 11) is 0. The Labute approximate surface area is 173 Å². The molecule has 9 nitrogen and oxygen atoms in total. The number of ether oxygens (including phenoxy) is 1. The van der Waals surface area contributed by atoms with Gasteiger partial charge in [0.15, 0.2) is 6.61 Å². The van der Waals surface area contributed by atoms with Crippen LogP contribution < -0.4 is 10.2 Å². The van der Waals surface area contributed by atoms with Gasteiger partial charge in [-0.2, -0.15) is 0 Å². The zero-order valence-corrected chi connectivity index (χ0v) is 17.1. The first-order valence-electron chi connectivity index (χ1n) is 9.25. The SMILES string of the molecule is CC1(C)NC(=O)N(CC(=O)OCC(=O)N2CCN(c3cccc(Cl)c3)CC2)C1=O. The number of piperazine rings is 1. The molecule has 0 unspecified atom stereocenters. The number of benzene rings is 1. The van der Waals surface area contributed by atoms with Crippen molar-refractivity contribution in [3.63, 3.8) is 0 Å². The van der Waals surface area contributed by atoms with Crippen LogP contribution >= 0.6 is 11.6 Å². The molecule has 0 aromatic heterocycles. The summed E-state index contributed by atoms with van der Waals surface area (Å²) in [5.41, 5.74) is -0.0666. The van der Waals surface area contributed by atoms with Crippen LogP contribution in [0.1, 0.15) is 13.8 Å². The number of nitrogens with one attached hydrogen (secondary N) is 1. The standard InChI is InChI=1S/C19H23ClN4O5/c1-19(2)17(27)24(18(28)21-19)11-16(26)29-12-15(25)23-8-6-22(7-9-23)14-5-3-4-13(20)10-14/h3-5,10H,6-9,11-12H2,1-2H3,(H,21,28). The van der Waals surface area contributed by atoms with E-state index in [0.29, 0.717) is 31.2 Å². The van der Waals surface area contributed by atoms with Crippen molar-refractivity contribution in [2.24, 2.45) is 0 Å². The molecule has 29 heavy (non-hydrogen) atoms. The number of urea groups is 1. The van der Waals surface area contributed by atoms with Gasteiger partial charge in [0.25, 0.3) is 11.8 Å². The number of imide groups is 1. The van der Waals surface area contributed by atoms with Crippen molar-refractivity contribution in [1.29, 1.82) is 0 Å². The second kappa shape index (κ2) is 8.28. The van der Waals surface area contributed by atoms with Gasteiger partial charge in [-0.15, -0.1) is 0 Å². The molecular weight excluding hydrogens is 400 g/mol. The predicted octanol–water partition coefficient (Wildman–Crippen LogP) is 0.862. The molecular formula is C19H23ClN4O5. The van der Waals surface area contributed by atoms with Gasteiger partial charge in [-0.1, -0.05) is 17.7 Å². The maximum absolute atomic E-state index is 12.3. The smallest absolute Gasteiger partial charge is 0.326 e. The molecule has 2 aliphatic heterocycles. The van der Waals surface area contributed by atoms with Gasteiger partial charge < -0.3 is 19.9 Å². The quantitative estimate of drug-likeness (QED) is 0.558. The predicted molar refractivity (Wildman–Crippen MR) is 106 cm³/mol. The maximum atomic E-state index is 12.3. The summed E-state index contributed by atoms with van der Waals surface area (Å²) in [6.07, 6.45) is 0. The van der Waals surface area contributed by atoms with Crippen molar-refractivity contribution in [3.05, 3.63) is 29.3 Å². The Morgan fingerprint density at radius 2 is 1.86 bits per heavy atom. The van der Waals surface area contributed by atoms with Crippen molar-refractivity contribution in [3.8, 4) is 0 Å². The van der Waals surface area contributed by atoms with Gasteiger partial charge in [-0.05, 0) is 32.0 Å². The number of esters is 1. The van der Waals surface area contributed by atoms with Crippen LogP contribution in [0.4, 0.5) is 10.5 Å². The first kappa shape index (κ1) is 20.9. The molecule has 2 aliphatic rings. The van der Waals surface area contributed by atoms with Crippen LogP contribution in [0.15, 0.2) is 24.3 Å². The highest BCUT2D eigenvalue weighted by atomic mass is 35.5. The molecule has 3 rings (SSSR count). The highest BCUT2D eigenvalue weighted by Gasteiger charge is 2.45. The summed E-state index contributed by atoms with van der Waals surface area (Å²) in [5.74, 6) is -1.64. The first-order valence-corrected chi connectivity index (χ1v) is 9.63. The molecule has 0 aliphatic carbocycles. The van der Waals surface area contributed by atoms with Crippen LogP contribution in [0, 0.1) is 0 Å². The third-order valence-corrected chi connectivity index (χ3v) is 5.13. The van der Waals surface area contributed by atoms with Crippen molar-refractivity contribution in [1.82, 2.24) is 15.1 Å². The van der Waals surface area contributed by atoms with Crippen molar-refractivity contribution in [2.75, 3.05) is 44.2 Å². The lowest BCUT2D eigenvalue weighted by molar-refractivity contribution is -0.153. The molecule has 156 valence electrons. The van der Waals surface area contributed by atoms with E-state index in [9.17, 15) is 19.2 Å². The lowest BCUT2D eigenvalue weighted by Crippen LogP contribution is -2.50. The van der Waals surface area contributed by atoms with Crippen molar-refractivity contribution >= 4 is 41.1 Å². The summed E-state index contributed by atoms with van der Waals surface area (Å²) in [6.45, 7) is 4.40. The molecule has 0 bridgehead atoms. The molecule has 4 amide bonds. The third kappa shape index (κ3) is 4.79. The van der Waals surface area contributed by atoms with Gasteiger partial charge in [0.1, 0.15) is 12.1 Å². The molecule has 1 N–H and O–H groups in total. The largest absolute Gasteiger partial charge is 0.454 e. The van der Waals surface area contributed by atoms with E-state index in [1.807, 2.05) is 18.2 Å². The fourth-order valence-electron chi connectivity index (χ4n) is 3.26. The van der Waals surface area contributed by atoms with Gasteiger partial charge in [-0.3, -0.25) is 19.3 Å². The zero-order valence-electron chi connectivity index (χ0n) is 16.3. The Morgan fingerprint density at radius 1 is 1.17 bits per heavy atom. The summed E-state index contributed by atoms with van der Waals surface area (Å²) >= 11 is 6.02. The summed E-state index contributed by atoms with van der Waals surface area (Å²) in [5, 5.41) is 3.13. The Kier molecular flexibility index (Phi) is 5.97. The summed E-state index contributed by atoms with van der Waals surface area (Å²) in [4.78, 5) is 52.7. The molecule has 0 atom stereocenters. The van der Waals surface area contributed by atoms with Crippen LogP contribution in [-0.2, 0) is 19.1 Å².